The molecule has 8 nitrogen and oxygen atoms in total. The van der Waals surface area contributed by atoms with Gasteiger partial charge in [0.1, 0.15) is 17.8 Å². The van der Waals surface area contributed by atoms with Gasteiger partial charge in [-0.2, -0.15) is 5.10 Å². The Bertz CT molecular complexity index is 1290. The number of methoxy groups -OCH3 is 2. The standard InChI is InChI=1S/C23H20N4O4.C2H6/c1-30-16-5-3-14(4-6-16)12-27-22-15(11-25-27)9-20-21(23(28)29)24-13-26(20)19-8-7-17(31-2)10-18(19)22;1-2/h3-8,10-11,13H,9,12H2,1-2H3,(H,28,29);1-2H3. The zero-order valence-electron chi connectivity index (χ0n) is 19.1. The van der Waals surface area contributed by atoms with E-state index in [0.717, 1.165) is 33.8 Å². The largest absolute Gasteiger partial charge is 0.497 e. The highest BCUT2D eigenvalue weighted by Gasteiger charge is 2.28. The van der Waals surface area contributed by atoms with Crippen LogP contribution in [0.4, 0.5) is 0 Å². The van der Waals surface area contributed by atoms with Crippen LogP contribution in [-0.4, -0.2) is 44.6 Å². The van der Waals surface area contributed by atoms with E-state index in [2.05, 4.69) is 10.1 Å². The van der Waals surface area contributed by atoms with E-state index in [1.807, 2.05) is 65.6 Å². The minimum atomic E-state index is -1.04. The molecule has 2 aromatic carbocycles. The molecule has 1 N–H and O–H groups in total. The van der Waals surface area contributed by atoms with Crippen molar-refractivity contribution in [3.8, 4) is 28.4 Å². The summed E-state index contributed by atoms with van der Waals surface area (Å²) in [4.78, 5) is 15.9. The van der Waals surface area contributed by atoms with E-state index in [4.69, 9.17) is 9.47 Å². The third-order valence-corrected chi connectivity index (χ3v) is 5.55. The molecule has 0 unspecified atom stereocenters. The molecule has 2 aromatic heterocycles. The molecule has 8 heteroatoms. The van der Waals surface area contributed by atoms with Gasteiger partial charge in [0.2, 0.25) is 0 Å². The molecule has 0 spiro atoms. The van der Waals surface area contributed by atoms with Crippen molar-refractivity contribution >= 4 is 5.97 Å². The van der Waals surface area contributed by atoms with Crippen molar-refractivity contribution in [1.82, 2.24) is 19.3 Å². The highest BCUT2D eigenvalue weighted by molar-refractivity contribution is 5.88. The number of carbonyl (C=O) groups is 1. The molecular formula is C25H26N4O4. The van der Waals surface area contributed by atoms with Crippen molar-refractivity contribution in [2.75, 3.05) is 14.2 Å². The summed E-state index contributed by atoms with van der Waals surface area (Å²) in [6, 6.07) is 13.6. The Morgan fingerprint density at radius 2 is 1.76 bits per heavy atom. The Balaban J connectivity index is 0.00000126. The minimum Gasteiger partial charge on any atom is -0.497 e. The maximum absolute atomic E-state index is 11.7. The van der Waals surface area contributed by atoms with Crippen LogP contribution in [-0.2, 0) is 13.0 Å². The predicted molar refractivity (Wildman–Crippen MR) is 125 cm³/mol. The molecule has 1 aliphatic rings. The number of rotatable bonds is 5. The quantitative estimate of drug-likeness (QED) is 0.429. The summed E-state index contributed by atoms with van der Waals surface area (Å²) >= 11 is 0. The highest BCUT2D eigenvalue weighted by atomic mass is 16.5. The van der Waals surface area contributed by atoms with Gasteiger partial charge in [-0.05, 0) is 35.9 Å². The second-order valence-corrected chi connectivity index (χ2v) is 7.30. The molecule has 0 amide bonds. The Labute approximate surface area is 192 Å². The number of aromatic nitrogens is 4. The molecule has 1 aliphatic heterocycles. The summed E-state index contributed by atoms with van der Waals surface area (Å²) in [6.07, 6.45) is 3.78. The molecular weight excluding hydrogens is 420 g/mol. The number of ether oxygens (including phenoxy) is 2. The summed E-state index contributed by atoms with van der Waals surface area (Å²) in [5.74, 6) is 0.466. The van der Waals surface area contributed by atoms with E-state index < -0.39 is 5.97 Å². The van der Waals surface area contributed by atoms with Crippen LogP contribution in [0.15, 0.2) is 55.0 Å². The van der Waals surface area contributed by atoms with Crippen molar-refractivity contribution in [1.29, 1.82) is 0 Å². The van der Waals surface area contributed by atoms with Crippen LogP contribution in [0.25, 0.3) is 16.9 Å². The average molecular weight is 447 g/mol. The summed E-state index contributed by atoms with van der Waals surface area (Å²) in [5.41, 5.74) is 5.38. The van der Waals surface area contributed by atoms with Crippen LogP contribution in [0.1, 0.15) is 41.2 Å². The van der Waals surface area contributed by atoms with E-state index >= 15 is 0 Å². The lowest BCUT2D eigenvalue weighted by Crippen LogP contribution is -2.06. The van der Waals surface area contributed by atoms with Gasteiger partial charge in [-0.3, -0.25) is 4.68 Å². The summed E-state index contributed by atoms with van der Waals surface area (Å²) in [6.45, 7) is 4.56. The van der Waals surface area contributed by atoms with Gasteiger partial charge in [-0.15, -0.1) is 0 Å². The van der Waals surface area contributed by atoms with Gasteiger partial charge in [0, 0.05) is 17.5 Å². The summed E-state index contributed by atoms with van der Waals surface area (Å²) < 4.78 is 14.5. The zero-order chi connectivity index (χ0) is 23.5. The van der Waals surface area contributed by atoms with E-state index in [1.165, 1.54) is 0 Å². The first-order valence-corrected chi connectivity index (χ1v) is 10.7. The zero-order valence-corrected chi connectivity index (χ0v) is 19.1. The highest BCUT2D eigenvalue weighted by Crippen LogP contribution is 2.38. The SMILES string of the molecule is CC.COc1ccc(Cn2ncc3c2-c2cc(OC)ccc2-n2cnc(C(=O)O)c2C3)cc1. The fourth-order valence-corrected chi connectivity index (χ4v) is 4.04. The smallest absolute Gasteiger partial charge is 0.356 e. The number of hydrogen-bond acceptors (Lipinski definition) is 5. The lowest BCUT2D eigenvalue weighted by molar-refractivity contribution is 0.0690. The molecule has 0 aliphatic carbocycles. The van der Waals surface area contributed by atoms with E-state index in [-0.39, 0.29) is 5.69 Å². The fraction of sp³-hybridized carbons (Fsp3) is 0.240. The Morgan fingerprint density at radius 1 is 1.06 bits per heavy atom. The van der Waals surface area contributed by atoms with Crippen molar-refractivity contribution in [2.24, 2.45) is 0 Å². The first kappa shape index (κ1) is 22.1. The molecule has 0 fully saturated rings. The number of imidazole rings is 1. The lowest BCUT2D eigenvalue weighted by Gasteiger charge is -2.14. The van der Waals surface area contributed by atoms with Gasteiger partial charge in [0.05, 0.1) is 44.0 Å². The van der Waals surface area contributed by atoms with Crippen LogP contribution in [0.5, 0.6) is 11.5 Å². The van der Waals surface area contributed by atoms with Gasteiger partial charge in [-0.1, -0.05) is 26.0 Å². The van der Waals surface area contributed by atoms with Crippen molar-refractivity contribution in [2.45, 2.75) is 26.8 Å². The minimum absolute atomic E-state index is 0.0533. The number of aromatic carboxylic acids is 1. The molecule has 4 aromatic rings. The van der Waals surface area contributed by atoms with Gasteiger partial charge in [0.25, 0.3) is 0 Å². The first-order chi connectivity index (χ1) is 16.1. The van der Waals surface area contributed by atoms with Crippen molar-refractivity contribution < 1.29 is 19.4 Å². The van der Waals surface area contributed by atoms with Gasteiger partial charge in [-0.25, -0.2) is 9.78 Å². The van der Waals surface area contributed by atoms with E-state index in [1.54, 1.807) is 26.7 Å². The lowest BCUT2D eigenvalue weighted by atomic mass is 10.0. The van der Waals surface area contributed by atoms with Crippen LogP contribution >= 0.6 is 0 Å². The number of nitrogens with zero attached hydrogens (tertiary/aromatic N) is 4. The Morgan fingerprint density at radius 3 is 2.42 bits per heavy atom. The maximum atomic E-state index is 11.7. The molecule has 0 bridgehead atoms. The monoisotopic (exact) mass is 446 g/mol. The molecule has 3 heterocycles. The molecule has 0 saturated carbocycles. The Hall–Kier alpha value is -4.07. The van der Waals surface area contributed by atoms with Gasteiger partial charge in [0.15, 0.2) is 5.69 Å². The van der Waals surface area contributed by atoms with E-state index in [0.29, 0.717) is 24.4 Å². The Kier molecular flexibility index (Phi) is 6.17. The van der Waals surface area contributed by atoms with Crippen molar-refractivity contribution in [3.63, 3.8) is 0 Å². The molecule has 33 heavy (non-hydrogen) atoms. The van der Waals surface area contributed by atoms with Crippen LogP contribution < -0.4 is 9.47 Å². The molecule has 0 saturated heterocycles. The second-order valence-electron chi connectivity index (χ2n) is 7.30. The normalized spacial score (nSPS) is 11.3. The summed E-state index contributed by atoms with van der Waals surface area (Å²) in [7, 11) is 3.27. The third-order valence-electron chi connectivity index (χ3n) is 5.55. The third kappa shape index (κ3) is 3.95. The molecule has 5 rings (SSSR count). The summed E-state index contributed by atoms with van der Waals surface area (Å²) in [5, 5.41) is 14.2. The van der Waals surface area contributed by atoms with Crippen LogP contribution in [0.3, 0.4) is 0 Å². The number of hydrogen-bond donors (Lipinski definition) is 1. The van der Waals surface area contributed by atoms with Crippen LogP contribution in [0.2, 0.25) is 0 Å². The fourth-order valence-electron chi connectivity index (χ4n) is 4.04. The van der Waals surface area contributed by atoms with Gasteiger partial charge >= 0.3 is 5.97 Å². The topological polar surface area (TPSA) is 91.4 Å². The number of benzene rings is 2. The van der Waals surface area contributed by atoms with Crippen LogP contribution in [0, 0.1) is 0 Å². The maximum Gasteiger partial charge on any atom is 0.356 e. The number of carboxylic acid groups (broad SMARTS) is 1. The van der Waals surface area contributed by atoms with Crippen molar-refractivity contribution in [3.05, 3.63) is 77.5 Å². The number of carboxylic acids is 1. The van der Waals surface area contributed by atoms with Gasteiger partial charge < -0.3 is 19.1 Å². The second kappa shape index (κ2) is 9.20. The van der Waals surface area contributed by atoms with E-state index in [9.17, 15) is 9.90 Å². The average Bonchev–Trinajstić information content (AvgIpc) is 3.41. The molecule has 0 radical (unpaired) electrons. The molecule has 0 atom stereocenters. The predicted octanol–water partition coefficient (Wildman–Crippen LogP) is 4.43. The first-order valence-electron chi connectivity index (χ1n) is 10.7. The molecule has 170 valence electrons. The number of fused-ring (bicyclic) bond motifs is 5.